The molecule has 0 bridgehead atoms. The molecular formula is C16H17BrF2N2. The molecule has 3 N–H and O–H groups in total. The van der Waals surface area contributed by atoms with Gasteiger partial charge in [0.15, 0.2) is 0 Å². The van der Waals surface area contributed by atoms with E-state index in [1.54, 1.807) is 12.1 Å². The number of alkyl halides is 2. The molecule has 21 heavy (non-hydrogen) atoms. The second-order valence-corrected chi connectivity index (χ2v) is 5.83. The quantitative estimate of drug-likeness (QED) is 0.808. The zero-order valence-corrected chi connectivity index (χ0v) is 13.2. The van der Waals surface area contributed by atoms with Gasteiger partial charge in [0.2, 0.25) is 0 Å². The first-order valence-electron chi connectivity index (χ1n) is 6.61. The highest BCUT2D eigenvalue weighted by atomic mass is 79.9. The third-order valence-electron chi connectivity index (χ3n) is 3.21. The molecule has 0 aliphatic heterocycles. The normalized spacial score (nSPS) is 12.5. The second-order valence-electron chi connectivity index (χ2n) is 4.92. The molecule has 0 aliphatic carbocycles. The van der Waals surface area contributed by atoms with Crippen LogP contribution in [-0.2, 0) is 0 Å². The summed E-state index contributed by atoms with van der Waals surface area (Å²) in [6.07, 6.45) is -2.45. The Morgan fingerprint density at radius 2 is 1.71 bits per heavy atom. The van der Waals surface area contributed by atoms with Gasteiger partial charge in [-0.15, -0.1) is 0 Å². The van der Waals surface area contributed by atoms with Crippen molar-refractivity contribution < 1.29 is 8.78 Å². The monoisotopic (exact) mass is 354 g/mol. The first-order valence-corrected chi connectivity index (χ1v) is 7.40. The van der Waals surface area contributed by atoms with Gasteiger partial charge in [-0.2, -0.15) is 0 Å². The smallest absolute Gasteiger partial charge is 0.263 e. The van der Waals surface area contributed by atoms with Crippen LogP contribution in [0.15, 0.2) is 46.9 Å². The van der Waals surface area contributed by atoms with Crippen LogP contribution in [-0.4, -0.2) is 6.54 Å². The van der Waals surface area contributed by atoms with Crippen molar-refractivity contribution in [1.82, 2.24) is 0 Å². The second kappa shape index (κ2) is 7.00. The molecule has 1 atom stereocenters. The lowest BCUT2D eigenvalue weighted by Gasteiger charge is -2.19. The molecule has 2 aromatic rings. The molecule has 0 aromatic heterocycles. The van der Waals surface area contributed by atoms with Gasteiger partial charge in [0.05, 0.1) is 6.04 Å². The molecule has 0 aliphatic rings. The fourth-order valence-electron chi connectivity index (χ4n) is 2.17. The van der Waals surface area contributed by atoms with E-state index < -0.39 is 6.43 Å². The van der Waals surface area contributed by atoms with Crippen molar-refractivity contribution in [1.29, 1.82) is 0 Å². The van der Waals surface area contributed by atoms with Crippen LogP contribution < -0.4 is 11.1 Å². The molecule has 2 rings (SSSR count). The number of nitrogens with one attached hydrogen (secondary N) is 1. The summed E-state index contributed by atoms with van der Waals surface area (Å²) in [4.78, 5) is 0. The number of anilines is 1. The minimum absolute atomic E-state index is 0.0211. The van der Waals surface area contributed by atoms with Gasteiger partial charge in [-0.25, -0.2) is 8.78 Å². The number of benzene rings is 2. The van der Waals surface area contributed by atoms with Gasteiger partial charge in [0.25, 0.3) is 6.43 Å². The molecule has 2 aromatic carbocycles. The summed E-state index contributed by atoms with van der Waals surface area (Å²) < 4.78 is 26.1. The first kappa shape index (κ1) is 15.9. The minimum Gasteiger partial charge on any atom is -0.377 e. The van der Waals surface area contributed by atoms with E-state index in [9.17, 15) is 8.78 Å². The average Bonchev–Trinajstić information content (AvgIpc) is 2.44. The van der Waals surface area contributed by atoms with Crippen molar-refractivity contribution in [2.75, 3.05) is 11.9 Å². The van der Waals surface area contributed by atoms with E-state index in [2.05, 4.69) is 21.2 Å². The van der Waals surface area contributed by atoms with Gasteiger partial charge >= 0.3 is 0 Å². The van der Waals surface area contributed by atoms with Gasteiger partial charge in [-0.3, -0.25) is 0 Å². The van der Waals surface area contributed by atoms with Gasteiger partial charge in [-0.1, -0.05) is 40.2 Å². The van der Waals surface area contributed by atoms with Crippen molar-refractivity contribution in [3.05, 3.63) is 63.6 Å². The third-order valence-corrected chi connectivity index (χ3v) is 3.67. The van der Waals surface area contributed by atoms with E-state index in [1.165, 1.54) is 12.1 Å². The van der Waals surface area contributed by atoms with Crippen LogP contribution >= 0.6 is 15.9 Å². The molecule has 0 saturated heterocycles. The zero-order valence-electron chi connectivity index (χ0n) is 11.6. The molecule has 0 radical (unpaired) electrons. The van der Waals surface area contributed by atoms with Crippen LogP contribution in [0.25, 0.3) is 0 Å². The van der Waals surface area contributed by atoms with E-state index in [1.807, 2.05) is 25.1 Å². The summed E-state index contributed by atoms with van der Waals surface area (Å²) in [5.74, 6) is 0. The summed E-state index contributed by atoms with van der Waals surface area (Å²) >= 11 is 3.45. The van der Waals surface area contributed by atoms with Gasteiger partial charge in [0.1, 0.15) is 0 Å². The molecule has 0 amide bonds. The predicted molar refractivity (Wildman–Crippen MR) is 85.7 cm³/mol. The molecule has 0 heterocycles. The fourth-order valence-corrected chi connectivity index (χ4v) is 2.78. The Labute approximate surface area is 131 Å². The Kier molecular flexibility index (Phi) is 5.31. The maximum absolute atomic E-state index is 12.6. The standard InChI is InChI=1S/C16H17BrF2N2/c1-10-6-13(17)8-14(7-10)21-15(9-20)11-2-4-12(5-3-11)16(18)19/h2-8,15-16,21H,9,20H2,1H3. The summed E-state index contributed by atoms with van der Waals surface area (Å²) in [5.41, 5.74) is 8.77. The van der Waals surface area contributed by atoms with Crippen molar-refractivity contribution in [2.45, 2.75) is 19.4 Å². The van der Waals surface area contributed by atoms with Crippen LogP contribution in [0.5, 0.6) is 0 Å². The van der Waals surface area contributed by atoms with Crippen LogP contribution in [0, 0.1) is 6.92 Å². The molecule has 0 fully saturated rings. The summed E-state index contributed by atoms with van der Waals surface area (Å²) in [7, 11) is 0. The molecule has 2 nitrogen and oxygen atoms in total. The lowest BCUT2D eigenvalue weighted by atomic mass is 10.0. The Hall–Kier alpha value is -1.46. The maximum atomic E-state index is 12.6. The molecule has 1 unspecified atom stereocenters. The van der Waals surface area contributed by atoms with E-state index in [4.69, 9.17) is 5.73 Å². The van der Waals surface area contributed by atoms with Crippen molar-refractivity contribution in [2.24, 2.45) is 5.73 Å². The summed E-state index contributed by atoms with van der Waals surface area (Å²) in [6, 6.07) is 12.1. The Morgan fingerprint density at radius 1 is 1.10 bits per heavy atom. The van der Waals surface area contributed by atoms with Crippen LogP contribution in [0.3, 0.4) is 0 Å². The molecule has 0 saturated carbocycles. The minimum atomic E-state index is -2.45. The average molecular weight is 355 g/mol. The highest BCUT2D eigenvalue weighted by Crippen LogP contribution is 2.25. The largest absolute Gasteiger partial charge is 0.377 e. The first-order chi connectivity index (χ1) is 9.99. The summed E-state index contributed by atoms with van der Waals surface area (Å²) in [5, 5.41) is 3.33. The highest BCUT2D eigenvalue weighted by molar-refractivity contribution is 9.10. The van der Waals surface area contributed by atoms with E-state index in [-0.39, 0.29) is 11.6 Å². The fraction of sp³-hybridized carbons (Fsp3) is 0.250. The van der Waals surface area contributed by atoms with E-state index >= 15 is 0 Å². The molecular weight excluding hydrogens is 338 g/mol. The lowest BCUT2D eigenvalue weighted by Crippen LogP contribution is -2.20. The van der Waals surface area contributed by atoms with Gasteiger partial charge < -0.3 is 11.1 Å². The SMILES string of the molecule is Cc1cc(Br)cc(NC(CN)c2ccc(C(F)F)cc2)c1. The van der Waals surface area contributed by atoms with Crippen LogP contribution in [0.2, 0.25) is 0 Å². The van der Waals surface area contributed by atoms with Crippen LogP contribution in [0.4, 0.5) is 14.5 Å². The highest BCUT2D eigenvalue weighted by Gasteiger charge is 2.12. The molecule has 0 spiro atoms. The van der Waals surface area contributed by atoms with Crippen LogP contribution in [0.1, 0.15) is 29.2 Å². The van der Waals surface area contributed by atoms with E-state index in [0.29, 0.717) is 6.54 Å². The van der Waals surface area contributed by atoms with Gasteiger partial charge in [0, 0.05) is 22.3 Å². The number of hydrogen-bond acceptors (Lipinski definition) is 2. The Balaban J connectivity index is 2.19. The number of hydrogen-bond donors (Lipinski definition) is 2. The Bertz CT molecular complexity index is 579. The van der Waals surface area contributed by atoms with Gasteiger partial charge in [-0.05, 0) is 36.2 Å². The lowest BCUT2D eigenvalue weighted by molar-refractivity contribution is 0.151. The Morgan fingerprint density at radius 3 is 2.24 bits per heavy atom. The van der Waals surface area contributed by atoms with Crippen molar-refractivity contribution in [3.63, 3.8) is 0 Å². The van der Waals surface area contributed by atoms with E-state index in [0.717, 1.165) is 21.3 Å². The predicted octanol–water partition coefficient (Wildman–Crippen LogP) is 4.81. The number of rotatable bonds is 5. The number of aryl methyl sites for hydroxylation is 1. The summed E-state index contributed by atoms with van der Waals surface area (Å²) in [6.45, 7) is 2.38. The number of halogens is 3. The number of nitrogens with two attached hydrogens (primary N) is 1. The maximum Gasteiger partial charge on any atom is 0.263 e. The topological polar surface area (TPSA) is 38.0 Å². The van der Waals surface area contributed by atoms with Crippen molar-refractivity contribution in [3.8, 4) is 0 Å². The van der Waals surface area contributed by atoms with Crippen molar-refractivity contribution >= 4 is 21.6 Å². The third kappa shape index (κ3) is 4.25. The zero-order chi connectivity index (χ0) is 15.4. The molecule has 5 heteroatoms. The molecule has 112 valence electrons.